The van der Waals surface area contributed by atoms with Crippen molar-refractivity contribution in [1.29, 1.82) is 0 Å². The Balaban J connectivity index is 3.16. The first-order chi connectivity index (χ1) is 7.16. The van der Waals surface area contributed by atoms with Gasteiger partial charge in [0.1, 0.15) is 6.61 Å². The van der Waals surface area contributed by atoms with E-state index in [0.717, 1.165) is 19.3 Å². The largest absolute Gasteiger partial charge is 0.463 e. The maximum Gasteiger partial charge on any atom is 0.302 e. The molecule has 90 valence electrons. The smallest absolute Gasteiger partial charge is 0.302 e. The van der Waals surface area contributed by atoms with Gasteiger partial charge in [0.25, 0.3) is 0 Å². The Kier molecular flexibility index (Phi) is 9.59. The minimum absolute atomic E-state index is 0.143. The lowest BCUT2D eigenvalue weighted by atomic mass is 10.1. The molecule has 0 fully saturated rings. The fraction of sp³-hybridized carbons (Fsp3) is 0.917. The molecule has 0 saturated carbocycles. The second-order valence-electron chi connectivity index (χ2n) is 4.01. The molecule has 3 heteroatoms. The van der Waals surface area contributed by atoms with Gasteiger partial charge in [0, 0.05) is 6.92 Å². The average molecular weight is 216 g/mol. The van der Waals surface area contributed by atoms with Gasteiger partial charge < -0.3 is 9.84 Å². The highest BCUT2D eigenvalue weighted by atomic mass is 16.5. The minimum atomic E-state index is -0.486. The van der Waals surface area contributed by atoms with Crippen molar-refractivity contribution in [3.05, 3.63) is 0 Å². The summed E-state index contributed by atoms with van der Waals surface area (Å²) in [5, 5.41) is 9.42. The zero-order chi connectivity index (χ0) is 11.5. The number of aliphatic hydroxyl groups excluding tert-OH is 1. The molecule has 1 atom stereocenters. The van der Waals surface area contributed by atoms with Gasteiger partial charge in [-0.15, -0.1) is 0 Å². The molecule has 0 heterocycles. The predicted molar refractivity (Wildman–Crippen MR) is 60.6 cm³/mol. The highest BCUT2D eigenvalue weighted by molar-refractivity contribution is 5.65. The lowest BCUT2D eigenvalue weighted by Crippen LogP contribution is -2.17. The Labute approximate surface area is 92.8 Å². The lowest BCUT2D eigenvalue weighted by Gasteiger charge is -2.09. The van der Waals surface area contributed by atoms with E-state index < -0.39 is 6.10 Å². The minimum Gasteiger partial charge on any atom is -0.463 e. The number of carbonyl (C=O) groups excluding carboxylic acids is 1. The molecule has 15 heavy (non-hydrogen) atoms. The van der Waals surface area contributed by atoms with E-state index in [9.17, 15) is 9.90 Å². The Morgan fingerprint density at radius 1 is 1.20 bits per heavy atom. The third kappa shape index (κ3) is 11.4. The molecule has 0 bridgehead atoms. The van der Waals surface area contributed by atoms with Crippen molar-refractivity contribution in [3.8, 4) is 0 Å². The van der Waals surface area contributed by atoms with E-state index in [1.165, 1.54) is 32.6 Å². The average Bonchev–Trinajstić information content (AvgIpc) is 2.20. The van der Waals surface area contributed by atoms with E-state index in [1.54, 1.807) is 0 Å². The Morgan fingerprint density at radius 2 is 1.80 bits per heavy atom. The molecule has 0 radical (unpaired) electrons. The van der Waals surface area contributed by atoms with Gasteiger partial charge in [-0.05, 0) is 6.42 Å². The SMILES string of the molecule is CCCCCCCC[C@@H](O)COC(C)=O. The van der Waals surface area contributed by atoms with Gasteiger partial charge in [-0.3, -0.25) is 4.79 Å². The molecule has 0 aliphatic carbocycles. The number of ether oxygens (including phenoxy) is 1. The molecule has 3 nitrogen and oxygen atoms in total. The van der Waals surface area contributed by atoms with E-state index in [-0.39, 0.29) is 12.6 Å². The van der Waals surface area contributed by atoms with Crippen LogP contribution in [0.1, 0.15) is 58.8 Å². The zero-order valence-corrected chi connectivity index (χ0v) is 10.00. The van der Waals surface area contributed by atoms with Gasteiger partial charge in [-0.25, -0.2) is 0 Å². The standard InChI is InChI=1S/C12H24O3/c1-3-4-5-6-7-8-9-12(14)10-15-11(2)13/h12,14H,3-10H2,1-2H3/t12-/m1/s1. The highest BCUT2D eigenvalue weighted by Crippen LogP contribution is 2.08. The van der Waals surface area contributed by atoms with Crippen LogP contribution in [0.4, 0.5) is 0 Å². The van der Waals surface area contributed by atoms with E-state index in [4.69, 9.17) is 4.74 Å². The second-order valence-corrected chi connectivity index (χ2v) is 4.01. The first kappa shape index (κ1) is 14.4. The molecule has 0 aromatic heterocycles. The predicted octanol–water partition coefficient (Wildman–Crippen LogP) is 2.66. The van der Waals surface area contributed by atoms with E-state index in [2.05, 4.69) is 6.92 Å². The first-order valence-corrected chi connectivity index (χ1v) is 5.98. The summed E-state index contributed by atoms with van der Waals surface area (Å²) in [4.78, 5) is 10.5. The molecule has 0 saturated heterocycles. The van der Waals surface area contributed by atoms with Crippen molar-refractivity contribution < 1.29 is 14.6 Å². The fourth-order valence-corrected chi connectivity index (χ4v) is 1.46. The summed E-state index contributed by atoms with van der Waals surface area (Å²) in [6, 6.07) is 0. The Morgan fingerprint density at radius 3 is 2.40 bits per heavy atom. The van der Waals surface area contributed by atoms with Crippen LogP contribution in [-0.2, 0) is 9.53 Å². The summed E-state index contributed by atoms with van der Waals surface area (Å²) < 4.78 is 4.71. The summed E-state index contributed by atoms with van der Waals surface area (Å²) in [5.41, 5.74) is 0. The number of aliphatic hydroxyl groups is 1. The number of rotatable bonds is 9. The quantitative estimate of drug-likeness (QED) is 0.476. The van der Waals surface area contributed by atoms with Crippen LogP contribution >= 0.6 is 0 Å². The van der Waals surface area contributed by atoms with E-state index in [0.29, 0.717) is 0 Å². The summed E-state index contributed by atoms with van der Waals surface area (Å²) in [7, 11) is 0. The molecule has 0 unspecified atom stereocenters. The summed E-state index contributed by atoms with van der Waals surface area (Å²) >= 11 is 0. The third-order valence-electron chi connectivity index (χ3n) is 2.37. The normalized spacial score (nSPS) is 12.5. The van der Waals surface area contributed by atoms with Crippen LogP contribution in [0.2, 0.25) is 0 Å². The van der Waals surface area contributed by atoms with Crippen LogP contribution in [-0.4, -0.2) is 23.8 Å². The van der Waals surface area contributed by atoms with Crippen LogP contribution < -0.4 is 0 Å². The maximum absolute atomic E-state index is 10.5. The number of hydrogen-bond donors (Lipinski definition) is 1. The van der Waals surface area contributed by atoms with Gasteiger partial charge in [-0.1, -0.05) is 45.4 Å². The summed E-state index contributed by atoms with van der Waals surface area (Å²) in [6.45, 7) is 3.70. The monoisotopic (exact) mass is 216 g/mol. The van der Waals surface area contributed by atoms with Crippen molar-refractivity contribution in [2.45, 2.75) is 64.9 Å². The molecule has 0 aliphatic heterocycles. The molecule has 0 aromatic rings. The number of esters is 1. The molecular formula is C12H24O3. The van der Waals surface area contributed by atoms with Crippen molar-refractivity contribution in [2.75, 3.05) is 6.61 Å². The molecule has 1 N–H and O–H groups in total. The van der Waals surface area contributed by atoms with Crippen LogP contribution in [0.3, 0.4) is 0 Å². The molecule has 0 spiro atoms. The fourth-order valence-electron chi connectivity index (χ4n) is 1.46. The van der Waals surface area contributed by atoms with Gasteiger partial charge in [0.05, 0.1) is 6.10 Å². The van der Waals surface area contributed by atoms with Gasteiger partial charge in [0.2, 0.25) is 0 Å². The number of unbranched alkanes of at least 4 members (excludes halogenated alkanes) is 5. The highest BCUT2D eigenvalue weighted by Gasteiger charge is 2.05. The lowest BCUT2D eigenvalue weighted by molar-refractivity contribution is -0.144. The molecule has 0 amide bonds. The number of hydrogen-bond acceptors (Lipinski definition) is 3. The molecule has 0 rings (SSSR count). The van der Waals surface area contributed by atoms with Crippen molar-refractivity contribution in [2.24, 2.45) is 0 Å². The van der Waals surface area contributed by atoms with E-state index in [1.807, 2.05) is 0 Å². The van der Waals surface area contributed by atoms with Crippen LogP contribution in [0.25, 0.3) is 0 Å². The first-order valence-electron chi connectivity index (χ1n) is 5.98. The molecule has 0 aliphatic rings. The Hall–Kier alpha value is -0.570. The zero-order valence-electron chi connectivity index (χ0n) is 10.00. The van der Waals surface area contributed by atoms with Crippen molar-refractivity contribution in [1.82, 2.24) is 0 Å². The van der Waals surface area contributed by atoms with E-state index >= 15 is 0 Å². The molecular weight excluding hydrogens is 192 g/mol. The van der Waals surface area contributed by atoms with Crippen molar-refractivity contribution in [3.63, 3.8) is 0 Å². The van der Waals surface area contributed by atoms with Crippen LogP contribution in [0, 0.1) is 0 Å². The van der Waals surface area contributed by atoms with Gasteiger partial charge in [-0.2, -0.15) is 0 Å². The topological polar surface area (TPSA) is 46.5 Å². The Bertz CT molecular complexity index is 157. The maximum atomic E-state index is 10.5. The van der Waals surface area contributed by atoms with Gasteiger partial charge in [0.15, 0.2) is 0 Å². The second kappa shape index (κ2) is 9.97. The third-order valence-corrected chi connectivity index (χ3v) is 2.37. The molecule has 0 aromatic carbocycles. The summed E-state index contributed by atoms with van der Waals surface area (Å²) in [6.07, 6.45) is 7.53. The van der Waals surface area contributed by atoms with Crippen molar-refractivity contribution >= 4 is 5.97 Å². The number of carbonyl (C=O) groups is 1. The van der Waals surface area contributed by atoms with Crippen LogP contribution in [0.5, 0.6) is 0 Å². The summed E-state index contributed by atoms with van der Waals surface area (Å²) in [5.74, 6) is -0.322. The van der Waals surface area contributed by atoms with Gasteiger partial charge >= 0.3 is 5.97 Å². The van der Waals surface area contributed by atoms with Crippen LogP contribution in [0.15, 0.2) is 0 Å².